The van der Waals surface area contributed by atoms with Crippen molar-refractivity contribution in [2.45, 2.75) is 38.3 Å². The number of nitrogens with zero attached hydrogens (tertiary/aromatic N) is 1. The first-order valence-corrected chi connectivity index (χ1v) is 6.43. The Hall–Kier alpha value is -2.48. The van der Waals surface area contributed by atoms with Crippen molar-refractivity contribution in [2.24, 2.45) is 0 Å². The van der Waals surface area contributed by atoms with Crippen LogP contribution < -0.4 is 4.57 Å². The van der Waals surface area contributed by atoms with Crippen molar-refractivity contribution in [3.8, 4) is 0 Å². The third-order valence-electron chi connectivity index (χ3n) is 2.62. The second-order valence-corrected chi connectivity index (χ2v) is 4.89. The summed E-state index contributed by atoms with van der Waals surface area (Å²) in [6.45, 7) is 4.33. The van der Waals surface area contributed by atoms with Gasteiger partial charge in [-0.1, -0.05) is 6.07 Å². The van der Waals surface area contributed by atoms with Crippen LogP contribution in [-0.4, -0.2) is 43.9 Å². The predicted octanol–water partition coefficient (Wildman–Crippen LogP) is 0.306. The molecule has 1 heterocycles. The molecule has 4 N–H and O–H groups in total. The Balaban J connectivity index is 0.000000425. The number of aromatic nitrogens is 1. The van der Waals surface area contributed by atoms with Gasteiger partial charge in [-0.05, 0) is 13.8 Å². The largest absolute Gasteiger partial charge is 0.481 e. The molecular formula is C14H20NO7+. The van der Waals surface area contributed by atoms with Crippen molar-refractivity contribution in [1.29, 1.82) is 0 Å². The average Bonchev–Trinajstić information content (AvgIpc) is 2.38. The Bertz CT molecular complexity index is 497. The summed E-state index contributed by atoms with van der Waals surface area (Å²) in [5.74, 6) is -5.02. The summed E-state index contributed by atoms with van der Waals surface area (Å²) in [7, 11) is 0. The van der Waals surface area contributed by atoms with Gasteiger partial charge in [-0.3, -0.25) is 9.59 Å². The highest BCUT2D eigenvalue weighted by atomic mass is 16.4. The zero-order valence-corrected chi connectivity index (χ0v) is 12.3. The molecule has 0 spiro atoms. The van der Waals surface area contributed by atoms with Gasteiger partial charge in [0.15, 0.2) is 24.0 Å². The molecule has 0 radical (unpaired) electrons. The van der Waals surface area contributed by atoms with E-state index in [2.05, 4.69) is 30.8 Å². The van der Waals surface area contributed by atoms with E-state index in [0.717, 1.165) is 0 Å². The molecule has 0 unspecified atom stereocenters. The standard InChI is InChI=1S/C8H12N.C6H8O7/c1-8(2)9-6-4-3-5-7-9;7-3(8)1-6(13,5(11)12)2-4(9)10/h3-8H,1-2H3;13H,1-2H2,(H,7,8)(H,9,10)(H,11,12)/q+1;. The highest BCUT2D eigenvalue weighted by Gasteiger charge is 2.40. The quantitative estimate of drug-likeness (QED) is 0.554. The van der Waals surface area contributed by atoms with Crippen molar-refractivity contribution in [3.05, 3.63) is 30.6 Å². The summed E-state index contributed by atoms with van der Waals surface area (Å²) in [6.07, 6.45) is 1.86. The molecule has 0 aliphatic heterocycles. The average molecular weight is 314 g/mol. The van der Waals surface area contributed by atoms with Crippen LogP contribution in [0, 0.1) is 0 Å². The molecule has 8 nitrogen and oxygen atoms in total. The first kappa shape index (κ1) is 19.5. The molecule has 0 bridgehead atoms. The van der Waals surface area contributed by atoms with E-state index in [9.17, 15) is 14.4 Å². The minimum Gasteiger partial charge on any atom is -0.481 e. The van der Waals surface area contributed by atoms with Crippen LogP contribution in [0.4, 0.5) is 0 Å². The molecule has 1 rings (SSSR count). The molecular weight excluding hydrogens is 294 g/mol. The maximum atomic E-state index is 10.3. The smallest absolute Gasteiger partial charge is 0.336 e. The van der Waals surface area contributed by atoms with Gasteiger partial charge < -0.3 is 20.4 Å². The summed E-state index contributed by atoms with van der Waals surface area (Å²) < 4.78 is 2.17. The number of carbonyl (C=O) groups is 3. The highest BCUT2D eigenvalue weighted by molar-refractivity contribution is 5.88. The number of aliphatic hydroxyl groups is 1. The monoisotopic (exact) mass is 314 g/mol. The Morgan fingerprint density at radius 2 is 1.36 bits per heavy atom. The van der Waals surface area contributed by atoms with E-state index in [4.69, 9.17) is 20.4 Å². The van der Waals surface area contributed by atoms with Crippen LogP contribution in [0.1, 0.15) is 32.7 Å². The number of carboxylic acids is 3. The minimum absolute atomic E-state index is 0.575. The molecule has 0 aliphatic rings. The van der Waals surface area contributed by atoms with Crippen LogP contribution in [-0.2, 0) is 14.4 Å². The Morgan fingerprint density at radius 3 is 1.59 bits per heavy atom. The summed E-state index contributed by atoms with van der Waals surface area (Å²) in [4.78, 5) is 30.5. The zero-order valence-electron chi connectivity index (χ0n) is 12.3. The van der Waals surface area contributed by atoms with E-state index >= 15 is 0 Å². The topological polar surface area (TPSA) is 136 Å². The number of pyridine rings is 1. The van der Waals surface area contributed by atoms with E-state index in [1.165, 1.54) is 0 Å². The van der Waals surface area contributed by atoms with Gasteiger partial charge in [0.05, 0.1) is 12.8 Å². The lowest BCUT2D eigenvalue weighted by Gasteiger charge is -2.18. The third-order valence-corrected chi connectivity index (χ3v) is 2.62. The maximum Gasteiger partial charge on any atom is 0.336 e. The third kappa shape index (κ3) is 7.34. The van der Waals surface area contributed by atoms with Crippen LogP contribution in [0.15, 0.2) is 30.6 Å². The number of carboxylic acid groups (broad SMARTS) is 3. The van der Waals surface area contributed by atoms with Gasteiger partial charge in [-0.25, -0.2) is 9.36 Å². The van der Waals surface area contributed by atoms with E-state index in [0.29, 0.717) is 6.04 Å². The van der Waals surface area contributed by atoms with Crippen LogP contribution in [0.3, 0.4) is 0 Å². The molecule has 0 amide bonds. The molecule has 122 valence electrons. The van der Waals surface area contributed by atoms with E-state index in [-0.39, 0.29) is 0 Å². The highest BCUT2D eigenvalue weighted by Crippen LogP contribution is 2.15. The number of hydrogen-bond acceptors (Lipinski definition) is 4. The Labute approximate surface area is 127 Å². The van der Waals surface area contributed by atoms with Gasteiger partial charge in [0, 0.05) is 12.1 Å². The normalized spacial score (nSPS) is 10.5. The van der Waals surface area contributed by atoms with Gasteiger partial charge in [0.25, 0.3) is 0 Å². The molecule has 0 saturated heterocycles. The van der Waals surface area contributed by atoms with Crippen LogP contribution in [0.2, 0.25) is 0 Å². The van der Waals surface area contributed by atoms with Gasteiger partial charge >= 0.3 is 17.9 Å². The molecule has 0 atom stereocenters. The fraction of sp³-hybridized carbons (Fsp3) is 0.429. The SMILES string of the molecule is CC(C)[n+]1ccccc1.O=C(O)CC(O)(CC(=O)O)C(=O)O. The number of rotatable bonds is 6. The van der Waals surface area contributed by atoms with Crippen molar-refractivity contribution in [3.63, 3.8) is 0 Å². The molecule has 0 aromatic carbocycles. The lowest BCUT2D eigenvalue weighted by Crippen LogP contribution is -2.42. The molecule has 8 heteroatoms. The van der Waals surface area contributed by atoms with E-state index in [1.54, 1.807) is 0 Å². The van der Waals surface area contributed by atoms with Crippen molar-refractivity contribution in [1.82, 2.24) is 0 Å². The molecule has 22 heavy (non-hydrogen) atoms. The Morgan fingerprint density at radius 1 is 0.955 bits per heavy atom. The first-order chi connectivity index (χ1) is 10.1. The molecule has 1 aromatic heterocycles. The predicted molar refractivity (Wildman–Crippen MR) is 74.1 cm³/mol. The van der Waals surface area contributed by atoms with E-state index < -0.39 is 36.4 Å². The summed E-state index contributed by atoms with van der Waals surface area (Å²) in [6, 6.07) is 6.69. The molecule has 0 saturated carbocycles. The second-order valence-electron chi connectivity index (χ2n) is 4.89. The number of aliphatic carboxylic acids is 3. The van der Waals surface area contributed by atoms with Gasteiger partial charge in [-0.2, -0.15) is 0 Å². The lowest BCUT2D eigenvalue weighted by molar-refractivity contribution is -0.716. The second kappa shape index (κ2) is 8.73. The van der Waals surface area contributed by atoms with Crippen molar-refractivity contribution >= 4 is 17.9 Å². The lowest BCUT2D eigenvalue weighted by atomic mass is 9.96. The van der Waals surface area contributed by atoms with Gasteiger partial charge in [0.2, 0.25) is 0 Å². The minimum atomic E-state index is -2.74. The molecule has 1 aromatic rings. The van der Waals surface area contributed by atoms with Crippen molar-refractivity contribution in [2.75, 3.05) is 0 Å². The Kier molecular flexibility index (Phi) is 7.74. The van der Waals surface area contributed by atoms with Crippen molar-refractivity contribution < 1.29 is 39.4 Å². The summed E-state index contributed by atoms with van der Waals surface area (Å²) in [5.41, 5.74) is -2.74. The van der Waals surface area contributed by atoms with Crippen LogP contribution in [0.25, 0.3) is 0 Å². The van der Waals surface area contributed by atoms with Crippen LogP contribution in [0.5, 0.6) is 0 Å². The first-order valence-electron chi connectivity index (χ1n) is 6.43. The fourth-order valence-electron chi connectivity index (χ4n) is 1.47. The molecule has 0 fully saturated rings. The van der Waals surface area contributed by atoms with Gasteiger partial charge in [0.1, 0.15) is 0 Å². The number of hydrogen-bond donors (Lipinski definition) is 4. The zero-order chi connectivity index (χ0) is 17.3. The summed E-state index contributed by atoms with van der Waals surface area (Å²) in [5, 5.41) is 33.8. The molecule has 0 aliphatic carbocycles. The van der Waals surface area contributed by atoms with Crippen LogP contribution >= 0.6 is 0 Å². The maximum absolute atomic E-state index is 10.3. The summed E-state index contributed by atoms with van der Waals surface area (Å²) >= 11 is 0. The fourth-order valence-corrected chi connectivity index (χ4v) is 1.47. The van der Waals surface area contributed by atoms with Gasteiger partial charge in [-0.15, -0.1) is 0 Å². The van der Waals surface area contributed by atoms with E-state index in [1.807, 2.05) is 18.2 Å².